The number of rotatable bonds is 4. The summed E-state index contributed by atoms with van der Waals surface area (Å²) in [5.41, 5.74) is 8.92. The molecule has 0 amide bonds. The van der Waals surface area contributed by atoms with Crippen LogP contribution in [-0.4, -0.2) is 45.2 Å². The van der Waals surface area contributed by atoms with Crippen LogP contribution in [0.5, 0.6) is 0 Å². The molecule has 28 heavy (non-hydrogen) atoms. The van der Waals surface area contributed by atoms with Crippen molar-refractivity contribution in [1.82, 2.24) is 30.8 Å². The molecule has 1 saturated carbocycles. The molecule has 4 heterocycles. The Balaban J connectivity index is 1.28. The number of nitrogens with one attached hydrogen (secondary N) is 2. The van der Waals surface area contributed by atoms with Gasteiger partial charge in [-0.3, -0.25) is 9.99 Å². The van der Waals surface area contributed by atoms with Crippen molar-refractivity contribution in [2.75, 3.05) is 19.6 Å². The van der Waals surface area contributed by atoms with E-state index < -0.39 is 0 Å². The van der Waals surface area contributed by atoms with Gasteiger partial charge >= 0.3 is 0 Å². The minimum atomic E-state index is 0.376. The molecular weight excluding hydrogens is 352 g/mol. The maximum atomic E-state index is 5.48. The monoisotopic (exact) mass is 378 g/mol. The quantitative estimate of drug-likeness (QED) is 0.847. The highest BCUT2D eigenvalue weighted by molar-refractivity contribution is 5.62. The lowest BCUT2D eigenvalue weighted by atomic mass is 10.1. The molecule has 0 unspecified atom stereocenters. The topological polar surface area (TPSA) is 69.5 Å². The van der Waals surface area contributed by atoms with Gasteiger partial charge in [-0.25, -0.2) is 0 Å². The molecule has 3 aliphatic rings. The second-order valence-electron chi connectivity index (χ2n) is 8.02. The van der Waals surface area contributed by atoms with Crippen molar-refractivity contribution in [1.29, 1.82) is 0 Å². The summed E-state index contributed by atoms with van der Waals surface area (Å²) < 4.78 is 5.48. The molecule has 1 saturated heterocycles. The van der Waals surface area contributed by atoms with Crippen molar-refractivity contribution in [2.45, 2.75) is 38.8 Å². The zero-order chi connectivity index (χ0) is 19.1. The summed E-state index contributed by atoms with van der Waals surface area (Å²) in [5.74, 6) is 0.832. The lowest BCUT2D eigenvalue weighted by Gasteiger charge is -2.37. The third-order valence-electron chi connectivity index (χ3n) is 5.90. The van der Waals surface area contributed by atoms with Gasteiger partial charge in [0.1, 0.15) is 11.5 Å². The summed E-state index contributed by atoms with van der Waals surface area (Å²) in [7, 11) is 0. The van der Waals surface area contributed by atoms with Crippen LogP contribution in [0.2, 0.25) is 0 Å². The Morgan fingerprint density at radius 2 is 2.14 bits per heavy atom. The lowest BCUT2D eigenvalue weighted by molar-refractivity contribution is 0.227. The molecule has 2 fully saturated rings. The second-order valence-corrected chi connectivity index (χ2v) is 8.02. The Morgan fingerprint density at radius 3 is 2.86 bits per heavy atom. The molecule has 1 spiro atoms. The van der Waals surface area contributed by atoms with Crippen LogP contribution in [-0.2, 0) is 6.54 Å². The standard InChI is InChI=1S/C21H26N6O/c1-15-3-4-17(11-22-15)20-19(16(2)28-25-20)13-27-9-5-18(12-24-27)26-10-8-23-21(14-26)6-7-21/h3-5,9,11-12,23-24H,6-8,10,13-14H2,1-2H3. The van der Waals surface area contributed by atoms with E-state index in [-0.39, 0.29) is 0 Å². The SMILES string of the molecule is Cc1ccc(-c2noc(C)c2CN2C=CC(N3CCNC4(CC4)C3)=CN2)cn1. The number of pyridine rings is 1. The zero-order valence-electron chi connectivity index (χ0n) is 16.4. The molecule has 0 bridgehead atoms. The molecule has 7 heteroatoms. The highest BCUT2D eigenvalue weighted by Crippen LogP contribution is 2.38. The molecular formula is C21H26N6O. The fourth-order valence-corrected chi connectivity index (χ4v) is 3.95. The minimum Gasteiger partial charge on any atom is -0.367 e. The van der Waals surface area contributed by atoms with E-state index >= 15 is 0 Å². The summed E-state index contributed by atoms with van der Waals surface area (Å²) in [6.45, 7) is 7.81. The summed E-state index contributed by atoms with van der Waals surface area (Å²) in [4.78, 5) is 6.86. The van der Waals surface area contributed by atoms with Crippen LogP contribution in [0.25, 0.3) is 11.3 Å². The van der Waals surface area contributed by atoms with Gasteiger partial charge in [-0.2, -0.15) is 0 Å². The van der Waals surface area contributed by atoms with E-state index in [1.165, 1.54) is 18.5 Å². The fraction of sp³-hybridized carbons (Fsp3) is 0.429. The Morgan fingerprint density at radius 1 is 1.25 bits per heavy atom. The van der Waals surface area contributed by atoms with Gasteiger partial charge in [0.05, 0.1) is 12.2 Å². The van der Waals surface area contributed by atoms with Crippen molar-refractivity contribution >= 4 is 0 Å². The van der Waals surface area contributed by atoms with Gasteiger partial charge in [0.25, 0.3) is 0 Å². The molecule has 1 aliphatic carbocycles. The van der Waals surface area contributed by atoms with E-state index in [1.807, 2.05) is 32.2 Å². The number of aryl methyl sites for hydroxylation is 2. The minimum absolute atomic E-state index is 0.376. The second kappa shape index (κ2) is 6.67. The summed E-state index contributed by atoms with van der Waals surface area (Å²) in [5, 5.41) is 9.99. The van der Waals surface area contributed by atoms with Crippen LogP contribution in [0.3, 0.4) is 0 Å². The number of aromatic nitrogens is 2. The first-order valence-corrected chi connectivity index (χ1v) is 9.91. The average Bonchev–Trinajstić information content (AvgIpc) is 3.36. The zero-order valence-corrected chi connectivity index (χ0v) is 16.4. The van der Waals surface area contributed by atoms with Gasteiger partial charge < -0.3 is 20.2 Å². The molecule has 2 aromatic rings. The molecule has 2 aliphatic heterocycles. The molecule has 0 radical (unpaired) electrons. The van der Waals surface area contributed by atoms with Gasteiger partial charge in [0.15, 0.2) is 0 Å². The van der Waals surface area contributed by atoms with Crippen molar-refractivity contribution in [3.63, 3.8) is 0 Å². The van der Waals surface area contributed by atoms with E-state index in [9.17, 15) is 0 Å². The molecule has 5 rings (SSSR count). The Kier molecular flexibility index (Phi) is 4.12. The van der Waals surface area contributed by atoms with Gasteiger partial charge in [0.2, 0.25) is 0 Å². The Bertz CT molecular complexity index is 925. The number of hydrogen-bond acceptors (Lipinski definition) is 7. The fourth-order valence-electron chi connectivity index (χ4n) is 3.95. The van der Waals surface area contributed by atoms with Crippen molar-refractivity contribution in [3.05, 3.63) is 59.5 Å². The first-order valence-electron chi connectivity index (χ1n) is 9.91. The first kappa shape index (κ1) is 17.3. The van der Waals surface area contributed by atoms with Crippen molar-refractivity contribution in [3.8, 4) is 11.3 Å². The number of hydrogen-bond donors (Lipinski definition) is 2. The lowest BCUT2D eigenvalue weighted by Crippen LogP contribution is -2.52. The predicted octanol–water partition coefficient (Wildman–Crippen LogP) is 2.47. The maximum absolute atomic E-state index is 5.48. The van der Waals surface area contributed by atoms with Crippen LogP contribution in [0, 0.1) is 13.8 Å². The molecule has 146 valence electrons. The van der Waals surface area contributed by atoms with Crippen LogP contribution in [0.1, 0.15) is 29.9 Å². The van der Waals surface area contributed by atoms with Crippen LogP contribution < -0.4 is 10.7 Å². The molecule has 2 aromatic heterocycles. The van der Waals surface area contributed by atoms with Gasteiger partial charge in [-0.15, -0.1) is 0 Å². The highest BCUT2D eigenvalue weighted by atomic mass is 16.5. The van der Waals surface area contributed by atoms with Crippen molar-refractivity contribution < 1.29 is 4.52 Å². The van der Waals surface area contributed by atoms with E-state index in [4.69, 9.17) is 4.52 Å². The van der Waals surface area contributed by atoms with E-state index in [0.29, 0.717) is 12.1 Å². The van der Waals surface area contributed by atoms with Crippen molar-refractivity contribution in [2.24, 2.45) is 0 Å². The largest absolute Gasteiger partial charge is 0.367 e. The summed E-state index contributed by atoms with van der Waals surface area (Å²) >= 11 is 0. The van der Waals surface area contributed by atoms with Crippen LogP contribution in [0.15, 0.2) is 47.0 Å². The number of hydrazine groups is 1. The summed E-state index contributed by atoms with van der Waals surface area (Å²) in [6.07, 6.45) is 10.8. The molecule has 7 nitrogen and oxygen atoms in total. The Hall–Kier alpha value is -2.80. The van der Waals surface area contributed by atoms with Gasteiger partial charge in [-0.1, -0.05) is 5.16 Å². The first-order chi connectivity index (χ1) is 13.6. The van der Waals surface area contributed by atoms with E-state index in [1.54, 1.807) is 0 Å². The average molecular weight is 378 g/mol. The highest BCUT2D eigenvalue weighted by Gasteiger charge is 2.45. The number of allylic oxidation sites excluding steroid dienone is 1. The smallest absolute Gasteiger partial charge is 0.139 e. The van der Waals surface area contributed by atoms with Crippen LogP contribution in [0.4, 0.5) is 0 Å². The number of nitrogens with zero attached hydrogens (tertiary/aromatic N) is 4. The van der Waals surface area contributed by atoms with E-state index in [2.05, 4.69) is 49.3 Å². The molecule has 2 N–H and O–H groups in total. The third-order valence-corrected chi connectivity index (χ3v) is 5.90. The predicted molar refractivity (Wildman–Crippen MR) is 107 cm³/mol. The van der Waals surface area contributed by atoms with Gasteiger partial charge in [-0.05, 0) is 44.9 Å². The van der Waals surface area contributed by atoms with Crippen LogP contribution >= 0.6 is 0 Å². The maximum Gasteiger partial charge on any atom is 0.139 e. The Labute approximate surface area is 165 Å². The van der Waals surface area contributed by atoms with Gasteiger partial charge in [0, 0.05) is 60.6 Å². The molecule has 0 atom stereocenters. The molecule has 0 aromatic carbocycles. The number of piperazine rings is 1. The van der Waals surface area contributed by atoms with E-state index in [0.717, 1.165) is 47.9 Å². The summed E-state index contributed by atoms with van der Waals surface area (Å²) in [6, 6.07) is 4.04. The normalized spacial score (nSPS) is 20.3. The third kappa shape index (κ3) is 3.26.